The summed E-state index contributed by atoms with van der Waals surface area (Å²) in [5, 5.41) is 6.37. The van der Waals surface area contributed by atoms with Crippen LogP contribution in [0.25, 0.3) is 23.0 Å². The fourth-order valence-electron chi connectivity index (χ4n) is 1.51. The number of nitrogen functional groups attached to an aromatic ring is 1. The minimum absolute atomic E-state index is 0.362. The first-order valence-electron chi connectivity index (χ1n) is 5.31. The number of ether oxygens (including phenoxy) is 1. The summed E-state index contributed by atoms with van der Waals surface area (Å²) >= 11 is 1.41. The van der Waals surface area contributed by atoms with Gasteiger partial charge in [0, 0.05) is 6.07 Å². The summed E-state index contributed by atoms with van der Waals surface area (Å²) in [4.78, 5) is 12.2. The molecule has 0 aliphatic heterocycles. The second-order valence-corrected chi connectivity index (χ2v) is 4.51. The molecule has 0 radical (unpaired) electrons. The first kappa shape index (κ1) is 11.6. The first-order chi connectivity index (χ1) is 9.28. The number of hydrogen-bond acceptors (Lipinski definition) is 8. The maximum absolute atomic E-state index is 5.81. The van der Waals surface area contributed by atoms with Gasteiger partial charge in [-0.25, -0.2) is 9.97 Å². The van der Waals surface area contributed by atoms with Crippen molar-refractivity contribution in [2.75, 3.05) is 12.8 Å². The van der Waals surface area contributed by atoms with Crippen molar-refractivity contribution in [2.24, 2.45) is 0 Å². The maximum atomic E-state index is 5.81. The second kappa shape index (κ2) is 4.65. The second-order valence-electron chi connectivity index (χ2n) is 3.57. The van der Waals surface area contributed by atoms with E-state index in [0.717, 1.165) is 5.56 Å². The van der Waals surface area contributed by atoms with Crippen LogP contribution < -0.4 is 10.5 Å². The SMILES string of the molecule is COc1cc(-c2noc(-c3ccsc3N)n2)ncn1. The molecule has 0 aliphatic carbocycles. The number of rotatable bonds is 3. The molecule has 3 rings (SSSR count). The number of hydrogen-bond donors (Lipinski definition) is 1. The molecular weight excluding hydrogens is 266 g/mol. The molecule has 8 heteroatoms. The van der Waals surface area contributed by atoms with E-state index in [1.807, 2.05) is 11.4 Å². The number of thiophene rings is 1. The van der Waals surface area contributed by atoms with Crippen LogP contribution in [0.3, 0.4) is 0 Å². The van der Waals surface area contributed by atoms with Crippen LogP contribution in [0.5, 0.6) is 5.88 Å². The van der Waals surface area contributed by atoms with Gasteiger partial charge in [-0.1, -0.05) is 5.16 Å². The minimum atomic E-state index is 0.362. The highest BCUT2D eigenvalue weighted by Crippen LogP contribution is 2.30. The minimum Gasteiger partial charge on any atom is -0.481 e. The molecule has 2 N–H and O–H groups in total. The predicted octanol–water partition coefficient (Wildman–Crippen LogP) is 1.85. The zero-order chi connectivity index (χ0) is 13.2. The molecule has 0 saturated heterocycles. The van der Waals surface area contributed by atoms with Gasteiger partial charge in [-0.15, -0.1) is 11.3 Å². The van der Waals surface area contributed by atoms with Gasteiger partial charge in [-0.3, -0.25) is 0 Å². The molecule has 0 fully saturated rings. The molecule has 19 heavy (non-hydrogen) atoms. The number of nitrogens with zero attached hydrogens (tertiary/aromatic N) is 4. The lowest BCUT2D eigenvalue weighted by molar-refractivity contribution is 0.397. The maximum Gasteiger partial charge on any atom is 0.261 e. The van der Waals surface area contributed by atoms with Crippen LogP contribution in [0, 0.1) is 0 Å². The summed E-state index contributed by atoms with van der Waals surface area (Å²) in [6.45, 7) is 0. The molecular formula is C11H9N5O2S. The summed E-state index contributed by atoms with van der Waals surface area (Å²) in [7, 11) is 1.53. The molecule has 7 nitrogen and oxygen atoms in total. The Bertz CT molecular complexity index is 708. The number of methoxy groups -OCH3 is 1. The number of aromatic nitrogens is 4. The number of nitrogens with two attached hydrogens (primary N) is 1. The van der Waals surface area contributed by atoms with Crippen molar-refractivity contribution in [2.45, 2.75) is 0 Å². The molecule has 0 aromatic carbocycles. The van der Waals surface area contributed by atoms with Crippen LogP contribution in [-0.2, 0) is 0 Å². The van der Waals surface area contributed by atoms with E-state index in [9.17, 15) is 0 Å². The van der Waals surface area contributed by atoms with E-state index in [1.54, 1.807) is 6.07 Å². The van der Waals surface area contributed by atoms with Crippen LogP contribution in [0.4, 0.5) is 5.00 Å². The highest BCUT2D eigenvalue weighted by Gasteiger charge is 2.15. The van der Waals surface area contributed by atoms with Gasteiger partial charge in [0.05, 0.1) is 17.7 Å². The summed E-state index contributed by atoms with van der Waals surface area (Å²) in [5.74, 6) is 1.17. The fourth-order valence-corrected chi connectivity index (χ4v) is 2.14. The molecule has 0 amide bonds. The topological polar surface area (TPSA) is 100.0 Å². The smallest absolute Gasteiger partial charge is 0.261 e. The highest BCUT2D eigenvalue weighted by atomic mass is 32.1. The molecule has 3 aromatic heterocycles. The fraction of sp³-hybridized carbons (Fsp3) is 0.0909. The molecule has 3 aromatic rings. The highest BCUT2D eigenvalue weighted by molar-refractivity contribution is 7.14. The monoisotopic (exact) mass is 275 g/mol. The largest absolute Gasteiger partial charge is 0.481 e. The molecule has 0 atom stereocenters. The van der Waals surface area contributed by atoms with Crippen molar-refractivity contribution in [3.05, 3.63) is 23.8 Å². The summed E-state index contributed by atoms with van der Waals surface area (Å²) in [6.07, 6.45) is 1.38. The molecule has 0 spiro atoms. The van der Waals surface area contributed by atoms with E-state index in [-0.39, 0.29) is 0 Å². The lowest BCUT2D eigenvalue weighted by atomic mass is 10.3. The van der Waals surface area contributed by atoms with Gasteiger partial charge in [-0.05, 0) is 11.4 Å². The normalized spacial score (nSPS) is 10.6. The van der Waals surface area contributed by atoms with E-state index >= 15 is 0 Å². The van der Waals surface area contributed by atoms with Gasteiger partial charge in [0.15, 0.2) is 0 Å². The lowest BCUT2D eigenvalue weighted by Crippen LogP contribution is -1.92. The van der Waals surface area contributed by atoms with E-state index in [1.165, 1.54) is 24.8 Å². The van der Waals surface area contributed by atoms with Crippen LogP contribution in [-0.4, -0.2) is 27.2 Å². The van der Waals surface area contributed by atoms with Gasteiger partial charge in [0.2, 0.25) is 11.7 Å². The quantitative estimate of drug-likeness (QED) is 0.778. The van der Waals surface area contributed by atoms with Gasteiger partial charge in [0.25, 0.3) is 5.89 Å². The Labute approximate surface area is 112 Å². The molecule has 0 saturated carbocycles. The predicted molar refractivity (Wildman–Crippen MR) is 69.6 cm³/mol. The van der Waals surface area contributed by atoms with Crippen LogP contribution in [0.15, 0.2) is 28.4 Å². The van der Waals surface area contributed by atoms with E-state index in [2.05, 4.69) is 20.1 Å². The van der Waals surface area contributed by atoms with Crippen LogP contribution >= 0.6 is 11.3 Å². The van der Waals surface area contributed by atoms with Crippen molar-refractivity contribution in [3.8, 4) is 28.9 Å². The Kier molecular flexibility index (Phi) is 2.84. The van der Waals surface area contributed by atoms with E-state index < -0.39 is 0 Å². The average molecular weight is 275 g/mol. The zero-order valence-electron chi connectivity index (χ0n) is 9.90. The summed E-state index contributed by atoms with van der Waals surface area (Å²) in [6, 6.07) is 3.46. The third-order valence-corrected chi connectivity index (χ3v) is 3.18. The Morgan fingerprint density at radius 1 is 1.37 bits per heavy atom. The third kappa shape index (κ3) is 2.13. The lowest BCUT2D eigenvalue weighted by Gasteiger charge is -1.97. The van der Waals surface area contributed by atoms with E-state index in [4.69, 9.17) is 15.0 Å². The molecule has 0 bridgehead atoms. The van der Waals surface area contributed by atoms with Crippen LogP contribution in [0.1, 0.15) is 0 Å². The van der Waals surface area contributed by atoms with Crippen molar-refractivity contribution >= 4 is 16.3 Å². The van der Waals surface area contributed by atoms with Crippen molar-refractivity contribution in [3.63, 3.8) is 0 Å². The summed E-state index contributed by atoms with van der Waals surface area (Å²) in [5.41, 5.74) is 7.06. The van der Waals surface area contributed by atoms with Crippen molar-refractivity contribution in [1.29, 1.82) is 0 Å². The molecule has 3 heterocycles. The zero-order valence-corrected chi connectivity index (χ0v) is 10.7. The Morgan fingerprint density at radius 2 is 2.26 bits per heavy atom. The van der Waals surface area contributed by atoms with E-state index in [0.29, 0.717) is 28.3 Å². The van der Waals surface area contributed by atoms with Crippen molar-refractivity contribution in [1.82, 2.24) is 20.1 Å². The van der Waals surface area contributed by atoms with Gasteiger partial charge in [0.1, 0.15) is 12.0 Å². The first-order valence-corrected chi connectivity index (χ1v) is 6.19. The van der Waals surface area contributed by atoms with Crippen LogP contribution in [0.2, 0.25) is 0 Å². The molecule has 96 valence electrons. The van der Waals surface area contributed by atoms with Gasteiger partial charge < -0.3 is 15.0 Å². The van der Waals surface area contributed by atoms with Crippen molar-refractivity contribution < 1.29 is 9.26 Å². The van der Waals surface area contributed by atoms with Gasteiger partial charge in [-0.2, -0.15) is 4.98 Å². The number of anilines is 1. The van der Waals surface area contributed by atoms with Gasteiger partial charge >= 0.3 is 0 Å². The Hall–Kier alpha value is -2.48. The molecule has 0 aliphatic rings. The third-order valence-electron chi connectivity index (χ3n) is 2.43. The average Bonchev–Trinajstić information content (AvgIpc) is 3.07. The molecule has 0 unspecified atom stereocenters. The Balaban J connectivity index is 1.99. The Morgan fingerprint density at radius 3 is 3.00 bits per heavy atom. The summed E-state index contributed by atoms with van der Waals surface area (Å²) < 4.78 is 10.2. The standard InChI is InChI=1S/C11H9N5O2S/c1-17-8-4-7(13-5-14-8)10-15-11(18-16-10)6-2-3-19-9(6)12/h2-5H,12H2,1H3.